The number of aryl methyl sites for hydroxylation is 1. The number of likely N-dealkylation sites (N-methyl/N-ethyl adjacent to an activating group) is 1. The zero-order chi connectivity index (χ0) is 24.8. The Hall–Kier alpha value is -3.00. The fourth-order valence-electron chi connectivity index (χ4n) is 2.57. The van der Waals surface area contributed by atoms with E-state index in [1.165, 1.54) is 57.5 Å². The molecule has 0 radical (unpaired) electrons. The molecule has 0 saturated heterocycles. The molecule has 0 aliphatic heterocycles. The van der Waals surface area contributed by atoms with E-state index in [2.05, 4.69) is 15.6 Å². The molecule has 2 rings (SSSR count). The van der Waals surface area contributed by atoms with E-state index in [0.29, 0.717) is 5.75 Å². The molecule has 0 spiro atoms. The Morgan fingerprint density at radius 1 is 0.939 bits per heavy atom. The molecule has 13 heteroatoms. The van der Waals surface area contributed by atoms with E-state index in [4.69, 9.17) is 4.74 Å². The van der Waals surface area contributed by atoms with Gasteiger partial charge in [0.2, 0.25) is 20.0 Å². The van der Waals surface area contributed by atoms with Gasteiger partial charge in [0.1, 0.15) is 5.75 Å². The minimum Gasteiger partial charge on any atom is -0.497 e. The number of nitrogens with zero attached hydrogens (tertiary/aromatic N) is 1. The summed E-state index contributed by atoms with van der Waals surface area (Å²) in [5, 5.41) is 0. The molecule has 0 aromatic heterocycles. The Balaban J connectivity index is 1.90. The highest BCUT2D eigenvalue weighted by Gasteiger charge is 2.25. The van der Waals surface area contributed by atoms with Gasteiger partial charge in [-0.15, -0.1) is 0 Å². The lowest BCUT2D eigenvalue weighted by atomic mass is 10.2. The highest BCUT2D eigenvalue weighted by Crippen LogP contribution is 2.16. The summed E-state index contributed by atoms with van der Waals surface area (Å²) in [6, 6.07) is 10.4. The molecule has 0 saturated carbocycles. The third-order valence-corrected chi connectivity index (χ3v) is 7.89. The number of hydrogen-bond donors (Lipinski definition) is 3. The second-order valence-corrected chi connectivity index (χ2v) is 10.9. The van der Waals surface area contributed by atoms with Crippen molar-refractivity contribution in [2.45, 2.75) is 29.7 Å². The first-order valence-corrected chi connectivity index (χ1v) is 12.6. The van der Waals surface area contributed by atoms with Crippen LogP contribution in [0.3, 0.4) is 0 Å². The minimum atomic E-state index is -4.01. The van der Waals surface area contributed by atoms with Gasteiger partial charge in [0.05, 0.1) is 29.5 Å². The van der Waals surface area contributed by atoms with Crippen LogP contribution in [-0.2, 0) is 29.6 Å². The maximum absolute atomic E-state index is 12.5. The van der Waals surface area contributed by atoms with Gasteiger partial charge >= 0.3 is 0 Å². The van der Waals surface area contributed by atoms with Gasteiger partial charge in [0, 0.05) is 7.05 Å². The number of hydrogen-bond acceptors (Lipinski definition) is 7. The molecule has 1 atom stereocenters. The van der Waals surface area contributed by atoms with Crippen LogP contribution in [0, 0.1) is 6.92 Å². The van der Waals surface area contributed by atoms with Gasteiger partial charge in [-0.25, -0.2) is 16.8 Å². The summed E-state index contributed by atoms with van der Waals surface area (Å²) in [5.41, 5.74) is 5.03. The van der Waals surface area contributed by atoms with Crippen LogP contribution in [0.2, 0.25) is 0 Å². The maximum atomic E-state index is 12.5. The van der Waals surface area contributed by atoms with Crippen LogP contribution in [0.25, 0.3) is 0 Å². The van der Waals surface area contributed by atoms with Crippen molar-refractivity contribution < 1.29 is 31.2 Å². The van der Waals surface area contributed by atoms with E-state index in [0.717, 1.165) is 9.87 Å². The smallest absolute Gasteiger partial charge is 0.256 e. The molecule has 0 fully saturated rings. The van der Waals surface area contributed by atoms with Crippen LogP contribution in [-0.4, -0.2) is 59.7 Å². The zero-order valence-corrected chi connectivity index (χ0v) is 20.2. The average Bonchev–Trinajstić information content (AvgIpc) is 2.77. The van der Waals surface area contributed by atoms with Crippen molar-refractivity contribution in [3.63, 3.8) is 0 Å². The Kier molecular flexibility index (Phi) is 8.55. The number of rotatable bonds is 9. The van der Waals surface area contributed by atoms with E-state index >= 15 is 0 Å². The van der Waals surface area contributed by atoms with Crippen LogP contribution < -0.4 is 20.3 Å². The molecule has 0 heterocycles. The molecular weight excluding hydrogens is 472 g/mol. The lowest BCUT2D eigenvalue weighted by molar-refractivity contribution is -0.129. The number of methoxy groups -OCH3 is 1. The topological polar surface area (TPSA) is 151 Å². The molecule has 2 aromatic rings. The molecule has 0 unspecified atom stereocenters. The number of amides is 2. The number of sulfonamides is 2. The fourth-order valence-corrected chi connectivity index (χ4v) is 4.90. The molecule has 0 aliphatic carbocycles. The third-order valence-electron chi connectivity index (χ3n) is 4.52. The highest BCUT2D eigenvalue weighted by molar-refractivity contribution is 7.89. The zero-order valence-electron chi connectivity index (χ0n) is 18.5. The van der Waals surface area contributed by atoms with Crippen molar-refractivity contribution in [1.82, 2.24) is 19.9 Å². The summed E-state index contributed by atoms with van der Waals surface area (Å²) in [6.07, 6.45) is 0. The average molecular weight is 499 g/mol. The largest absolute Gasteiger partial charge is 0.497 e. The predicted molar refractivity (Wildman–Crippen MR) is 120 cm³/mol. The van der Waals surface area contributed by atoms with Gasteiger partial charge in [-0.3, -0.25) is 20.4 Å². The van der Waals surface area contributed by atoms with E-state index in [9.17, 15) is 26.4 Å². The first kappa shape index (κ1) is 26.3. The quantitative estimate of drug-likeness (QED) is 0.416. The van der Waals surface area contributed by atoms with Crippen molar-refractivity contribution in [3.05, 3.63) is 54.1 Å². The summed E-state index contributed by atoms with van der Waals surface area (Å²) in [5.74, 6) is -1.19. The van der Waals surface area contributed by atoms with E-state index in [1.807, 2.05) is 6.92 Å². The predicted octanol–water partition coefficient (Wildman–Crippen LogP) is 0.139. The van der Waals surface area contributed by atoms with Crippen molar-refractivity contribution in [1.29, 1.82) is 0 Å². The van der Waals surface area contributed by atoms with Crippen molar-refractivity contribution in [2.24, 2.45) is 0 Å². The Labute approximate surface area is 193 Å². The summed E-state index contributed by atoms with van der Waals surface area (Å²) in [4.78, 5) is 24.2. The van der Waals surface area contributed by atoms with Crippen LogP contribution >= 0.6 is 0 Å². The first-order valence-electron chi connectivity index (χ1n) is 9.65. The van der Waals surface area contributed by atoms with Gasteiger partial charge in [0.25, 0.3) is 11.8 Å². The second-order valence-electron chi connectivity index (χ2n) is 7.13. The summed E-state index contributed by atoms with van der Waals surface area (Å²) < 4.78 is 57.9. The molecule has 3 N–H and O–H groups in total. The lowest BCUT2D eigenvalue weighted by Crippen LogP contribution is -2.52. The Morgan fingerprint density at radius 2 is 1.48 bits per heavy atom. The third kappa shape index (κ3) is 6.99. The van der Waals surface area contributed by atoms with Crippen LogP contribution in [0.1, 0.15) is 12.5 Å². The number of hydrazine groups is 1. The molecule has 0 bridgehead atoms. The highest BCUT2D eigenvalue weighted by atomic mass is 32.2. The van der Waals surface area contributed by atoms with Crippen molar-refractivity contribution >= 4 is 31.9 Å². The molecule has 180 valence electrons. The van der Waals surface area contributed by atoms with Crippen molar-refractivity contribution in [3.8, 4) is 5.75 Å². The van der Waals surface area contributed by atoms with Gasteiger partial charge in [0.15, 0.2) is 0 Å². The first-order chi connectivity index (χ1) is 15.4. The van der Waals surface area contributed by atoms with Crippen LogP contribution in [0.4, 0.5) is 0 Å². The van der Waals surface area contributed by atoms with Crippen molar-refractivity contribution in [2.75, 3.05) is 20.7 Å². The number of nitrogens with one attached hydrogen (secondary N) is 3. The van der Waals surface area contributed by atoms with Gasteiger partial charge < -0.3 is 4.74 Å². The summed E-state index contributed by atoms with van der Waals surface area (Å²) in [6.45, 7) is 2.54. The van der Waals surface area contributed by atoms with E-state index in [-0.39, 0.29) is 9.79 Å². The van der Waals surface area contributed by atoms with Gasteiger partial charge in [-0.05, 0) is 50.2 Å². The standard InChI is InChI=1S/C20H26N4O7S2/c1-14-5-9-18(10-6-14)33(29,30)24(3)13-19(25)21-22-20(26)15(2)23-32(27,28)17-11-7-16(31-4)8-12-17/h5-12,15,23H,13H2,1-4H3,(H,21,25)(H,22,26)/t15-/m0/s1. The number of carbonyl (C=O) groups excluding carboxylic acids is 2. The normalized spacial score (nSPS) is 12.8. The fraction of sp³-hybridized carbons (Fsp3) is 0.300. The Morgan fingerprint density at radius 3 is 2.03 bits per heavy atom. The molecule has 2 aromatic carbocycles. The van der Waals surface area contributed by atoms with E-state index < -0.39 is 44.4 Å². The number of benzene rings is 2. The lowest BCUT2D eigenvalue weighted by Gasteiger charge is -2.18. The summed E-state index contributed by atoms with van der Waals surface area (Å²) >= 11 is 0. The number of ether oxygens (including phenoxy) is 1. The van der Waals surface area contributed by atoms with Gasteiger partial charge in [-0.2, -0.15) is 9.03 Å². The monoisotopic (exact) mass is 498 g/mol. The minimum absolute atomic E-state index is 0.0222. The van der Waals surface area contributed by atoms with E-state index in [1.54, 1.807) is 12.1 Å². The molecule has 11 nitrogen and oxygen atoms in total. The molecule has 2 amide bonds. The maximum Gasteiger partial charge on any atom is 0.256 e. The molecular formula is C20H26N4O7S2. The Bertz CT molecular complexity index is 1200. The molecule has 33 heavy (non-hydrogen) atoms. The summed E-state index contributed by atoms with van der Waals surface area (Å²) in [7, 11) is -5.25. The SMILES string of the molecule is COc1ccc(S(=O)(=O)N[C@@H](C)C(=O)NNC(=O)CN(C)S(=O)(=O)c2ccc(C)cc2)cc1. The van der Waals surface area contributed by atoms with Gasteiger partial charge in [-0.1, -0.05) is 17.7 Å². The van der Waals surface area contributed by atoms with Crippen LogP contribution in [0.15, 0.2) is 58.3 Å². The van der Waals surface area contributed by atoms with Crippen LogP contribution in [0.5, 0.6) is 5.75 Å². The molecule has 0 aliphatic rings. The second kappa shape index (κ2) is 10.7. The number of carbonyl (C=O) groups is 2.